The second-order valence-corrected chi connectivity index (χ2v) is 4.76. The van der Waals surface area contributed by atoms with Gasteiger partial charge in [0.25, 0.3) is 10.1 Å². The number of nitrogens with one attached hydrogen (secondary N) is 1. The van der Waals surface area contributed by atoms with Gasteiger partial charge in [-0.05, 0) is 13.1 Å². The smallest absolute Gasteiger partial charge is 0.298 e. The van der Waals surface area contributed by atoms with Crippen LogP contribution < -0.4 is 5.32 Å². The topological polar surface area (TPSA) is 127 Å². The molecule has 0 bridgehead atoms. The Labute approximate surface area is 98.1 Å². The zero-order valence-electron chi connectivity index (χ0n) is 8.95. The van der Waals surface area contributed by atoms with Gasteiger partial charge in [-0.15, -0.1) is 0 Å². The molecule has 0 aliphatic heterocycles. The first-order valence-electron chi connectivity index (χ1n) is 4.64. The largest absolute Gasteiger partial charge is 0.504 e. The highest BCUT2D eigenvalue weighted by molar-refractivity contribution is 7.86. The fourth-order valence-corrected chi connectivity index (χ4v) is 2.26. The van der Waals surface area contributed by atoms with Crippen molar-refractivity contribution in [2.45, 2.75) is 11.0 Å². The van der Waals surface area contributed by atoms with Gasteiger partial charge in [0.15, 0.2) is 11.5 Å². The molecule has 1 rings (SSSR count). The number of hydrogen-bond acceptors (Lipinski definition) is 6. The third kappa shape index (κ3) is 2.86. The number of rotatable bonds is 4. The molecule has 7 nitrogen and oxygen atoms in total. The summed E-state index contributed by atoms with van der Waals surface area (Å²) in [5.74, 6) is -1.68. The molecular formula is C9H13NO6S. The normalized spacial score (nSPS) is 13.6. The summed E-state index contributed by atoms with van der Waals surface area (Å²) in [7, 11) is -3.21. The van der Waals surface area contributed by atoms with Crippen LogP contribution in [0.5, 0.6) is 11.5 Å². The monoisotopic (exact) mass is 263 g/mol. The molecule has 17 heavy (non-hydrogen) atoms. The van der Waals surface area contributed by atoms with Crippen LogP contribution in [0, 0.1) is 0 Å². The van der Waals surface area contributed by atoms with E-state index in [0.717, 1.165) is 12.1 Å². The Morgan fingerprint density at radius 1 is 1.35 bits per heavy atom. The molecule has 1 aromatic carbocycles. The van der Waals surface area contributed by atoms with E-state index < -0.39 is 32.6 Å². The molecule has 1 aromatic rings. The first kappa shape index (κ1) is 13.7. The summed E-state index contributed by atoms with van der Waals surface area (Å²) < 4.78 is 31.1. The van der Waals surface area contributed by atoms with Crippen LogP contribution in [0.25, 0.3) is 0 Å². The lowest BCUT2D eigenvalue weighted by Crippen LogP contribution is -2.19. The molecule has 0 aliphatic carbocycles. The molecule has 0 spiro atoms. The summed E-state index contributed by atoms with van der Waals surface area (Å²) in [6.07, 6.45) is -1.25. The van der Waals surface area contributed by atoms with Crippen molar-refractivity contribution in [3.8, 4) is 11.5 Å². The fraction of sp³-hybridized carbons (Fsp3) is 0.333. The van der Waals surface area contributed by atoms with E-state index in [4.69, 9.17) is 4.55 Å². The Morgan fingerprint density at radius 2 is 1.94 bits per heavy atom. The predicted molar refractivity (Wildman–Crippen MR) is 58.5 cm³/mol. The van der Waals surface area contributed by atoms with Crippen LogP contribution in [-0.2, 0) is 10.1 Å². The number of phenols is 2. The van der Waals surface area contributed by atoms with Gasteiger partial charge in [-0.25, -0.2) is 0 Å². The van der Waals surface area contributed by atoms with Crippen LogP contribution in [-0.4, -0.2) is 41.9 Å². The standard InChI is InChI=1S/C9H13NO6S/c1-10-4-7(12)5-2-3-6(11)8(13)9(5)17(14,15)16/h2-3,7,10-13H,4H2,1H3,(H,14,15,16). The molecule has 0 fully saturated rings. The molecule has 0 saturated heterocycles. The minimum atomic E-state index is -4.75. The molecule has 0 saturated carbocycles. The zero-order chi connectivity index (χ0) is 13.2. The van der Waals surface area contributed by atoms with Gasteiger partial charge in [0.05, 0.1) is 6.10 Å². The van der Waals surface area contributed by atoms with Gasteiger partial charge in [0, 0.05) is 12.1 Å². The Hall–Kier alpha value is -1.35. The van der Waals surface area contributed by atoms with E-state index in [9.17, 15) is 23.7 Å². The van der Waals surface area contributed by atoms with Gasteiger partial charge in [0.1, 0.15) is 4.90 Å². The highest BCUT2D eigenvalue weighted by Gasteiger charge is 2.26. The Bertz CT molecular complexity index is 512. The Morgan fingerprint density at radius 3 is 2.41 bits per heavy atom. The molecule has 0 heterocycles. The molecule has 1 unspecified atom stereocenters. The van der Waals surface area contributed by atoms with Gasteiger partial charge in [-0.1, -0.05) is 6.07 Å². The van der Waals surface area contributed by atoms with Crippen molar-refractivity contribution >= 4 is 10.1 Å². The van der Waals surface area contributed by atoms with E-state index in [-0.39, 0.29) is 12.1 Å². The SMILES string of the molecule is CNCC(O)c1ccc(O)c(O)c1S(=O)(=O)O. The van der Waals surface area contributed by atoms with Crippen molar-refractivity contribution in [2.24, 2.45) is 0 Å². The van der Waals surface area contributed by atoms with Crippen molar-refractivity contribution in [2.75, 3.05) is 13.6 Å². The van der Waals surface area contributed by atoms with Crippen LogP contribution in [0.1, 0.15) is 11.7 Å². The van der Waals surface area contributed by atoms with Crippen LogP contribution in [0.4, 0.5) is 0 Å². The lowest BCUT2D eigenvalue weighted by molar-refractivity contribution is 0.173. The zero-order valence-corrected chi connectivity index (χ0v) is 9.77. The number of aliphatic hydroxyl groups excluding tert-OH is 1. The van der Waals surface area contributed by atoms with Crippen molar-refractivity contribution < 1.29 is 28.3 Å². The third-order valence-electron chi connectivity index (χ3n) is 2.16. The second kappa shape index (κ2) is 4.88. The quantitative estimate of drug-likeness (QED) is 0.369. The second-order valence-electron chi connectivity index (χ2n) is 3.40. The maximum absolute atomic E-state index is 11.1. The van der Waals surface area contributed by atoms with E-state index >= 15 is 0 Å². The number of benzene rings is 1. The lowest BCUT2D eigenvalue weighted by atomic mass is 10.1. The van der Waals surface area contributed by atoms with Crippen molar-refractivity contribution in [3.63, 3.8) is 0 Å². The van der Waals surface area contributed by atoms with Crippen LogP contribution in [0.3, 0.4) is 0 Å². The molecular weight excluding hydrogens is 250 g/mol. The fourth-order valence-electron chi connectivity index (χ4n) is 1.41. The van der Waals surface area contributed by atoms with Crippen molar-refractivity contribution in [1.82, 2.24) is 5.32 Å². The van der Waals surface area contributed by atoms with Crippen LogP contribution >= 0.6 is 0 Å². The van der Waals surface area contributed by atoms with Crippen LogP contribution in [0.2, 0.25) is 0 Å². The third-order valence-corrected chi connectivity index (χ3v) is 3.10. The van der Waals surface area contributed by atoms with Crippen molar-refractivity contribution in [1.29, 1.82) is 0 Å². The van der Waals surface area contributed by atoms with Crippen molar-refractivity contribution in [3.05, 3.63) is 17.7 Å². The minimum absolute atomic E-state index is 0.0206. The average Bonchev–Trinajstić information content (AvgIpc) is 2.20. The number of hydrogen-bond donors (Lipinski definition) is 5. The Balaban J connectivity index is 3.46. The molecule has 96 valence electrons. The molecule has 0 aromatic heterocycles. The minimum Gasteiger partial charge on any atom is -0.504 e. The number of phenolic OH excluding ortho intramolecular Hbond substituents is 2. The van der Waals surface area contributed by atoms with E-state index in [2.05, 4.69) is 5.32 Å². The number of likely N-dealkylation sites (N-methyl/N-ethyl adjacent to an activating group) is 1. The lowest BCUT2D eigenvalue weighted by Gasteiger charge is -2.15. The van der Waals surface area contributed by atoms with Gasteiger partial charge in [0.2, 0.25) is 0 Å². The predicted octanol–water partition coefficient (Wildman–Crippen LogP) is -0.403. The highest BCUT2D eigenvalue weighted by Crippen LogP contribution is 2.37. The maximum atomic E-state index is 11.1. The molecule has 8 heteroatoms. The van der Waals surface area contributed by atoms with Gasteiger partial charge < -0.3 is 20.6 Å². The van der Waals surface area contributed by atoms with Crippen LogP contribution in [0.15, 0.2) is 17.0 Å². The molecule has 0 aliphatic rings. The average molecular weight is 263 g/mol. The van der Waals surface area contributed by atoms with E-state index in [0.29, 0.717) is 0 Å². The summed E-state index contributed by atoms with van der Waals surface area (Å²) in [4.78, 5) is -0.889. The highest BCUT2D eigenvalue weighted by atomic mass is 32.2. The number of aromatic hydroxyl groups is 2. The molecule has 5 N–H and O–H groups in total. The summed E-state index contributed by atoms with van der Waals surface area (Å²) in [5.41, 5.74) is -0.197. The summed E-state index contributed by atoms with van der Waals surface area (Å²) >= 11 is 0. The molecule has 0 amide bonds. The van der Waals surface area contributed by atoms with E-state index in [1.807, 2.05) is 0 Å². The van der Waals surface area contributed by atoms with Gasteiger partial charge >= 0.3 is 0 Å². The van der Waals surface area contributed by atoms with E-state index in [1.54, 1.807) is 0 Å². The summed E-state index contributed by atoms with van der Waals surface area (Å²) in [6.45, 7) is 0.0206. The van der Waals surface area contributed by atoms with E-state index in [1.165, 1.54) is 7.05 Å². The number of aliphatic hydroxyl groups is 1. The first-order valence-corrected chi connectivity index (χ1v) is 6.08. The van der Waals surface area contributed by atoms with Gasteiger partial charge in [-0.2, -0.15) is 8.42 Å². The summed E-state index contributed by atoms with van der Waals surface area (Å²) in [5, 5.41) is 30.8. The van der Waals surface area contributed by atoms with Gasteiger partial charge in [-0.3, -0.25) is 4.55 Å². The maximum Gasteiger partial charge on any atom is 0.298 e. The first-order chi connectivity index (χ1) is 7.79. The Kier molecular flexibility index (Phi) is 3.94. The molecule has 1 atom stereocenters. The summed E-state index contributed by atoms with van der Waals surface area (Å²) in [6, 6.07) is 2.14. The molecule has 0 radical (unpaired) electrons.